The Morgan fingerprint density at radius 1 is 1.30 bits per heavy atom. The van der Waals surface area contributed by atoms with Crippen molar-refractivity contribution in [2.45, 2.75) is 13.0 Å². The predicted octanol–water partition coefficient (Wildman–Crippen LogP) is 1.41. The van der Waals surface area contributed by atoms with Crippen LogP contribution >= 0.6 is 0 Å². The van der Waals surface area contributed by atoms with Crippen LogP contribution in [0.4, 0.5) is 5.69 Å². The highest BCUT2D eigenvalue weighted by Gasteiger charge is 2.09. The van der Waals surface area contributed by atoms with Crippen molar-refractivity contribution in [3.05, 3.63) is 48.4 Å². The Morgan fingerprint density at radius 3 is 2.83 bits per heavy atom. The molecule has 7 heteroatoms. The molecule has 2 amide bonds. The van der Waals surface area contributed by atoms with E-state index in [2.05, 4.69) is 10.6 Å². The van der Waals surface area contributed by atoms with E-state index in [1.165, 1.54) is 6.26 Å². The van der Waals surface area contributed by atoms with E-state index in [0.717, 1.165) is 0 Å². The fourth-order valence-electron chi connectivity index (χ4n) is 1.73. The van der Waals surface area contributed by atoms with Crippen molar-refractivity contribution in [3.8, 4) is 5.75 Å². The quantitative estimate of drug-likeness (QED) is 0.716. The number of anilines is 1. The number of benzene rings is 1. The molecule has 23 heavy (non-hydrogen) atoms. The van der Waals surface area contributed by atoms with Gasteiger partial charge in [-0.3, -0.25) is 9.59 Å². The Labute approximate surface area is 133 Å². The number of ether oxygens (including phenoxy) is 1. The maximum Gasteiger partial charge on any atom is 0.291 e. The zero-order valence-corrected chi connectivity index (χ0v) is 12.6. The van der Waals surface area contributed by atoms with Crippen LogP contribution in [-0.2, 0) is 4.79 Å². The lowest BCUT2D eigenvalue weighted by molar-refractivity contribution is -0.123. The summed E-state index contributed by atoms with van der Waals surface area (Å²) in [5, 5.41) is 14.3. The minimum absolute atomic E-state index is 0.168. The summed E-state index contributed by atoms with van der Waals surface area (Å²) in [5.74, 6) is -0.0685. The topological polar surface area (TPSA) is 101 Å². The monoisotopic (exact) mass is 318 g/mol. The molecular weight excluding hydrogens is 300 g/mol. The van der Waals surface area contributed by atoms with Gasteiger partial charge in [0.15, 0.2) is 12.4 Å². The molecule has 0 spiro atoms. The highest BCUT2D eigenvalue weighted by Crippen LogP contribution is 2.18. The first-order valence-electron chi connectivity index (χ1n) is 7.07. The van der Waals surface area contributed by atoms with Crippen LogP contribution < -0.4 is 15.4 Å². The number of aliphatic hydroxyl groups excluding tert-OH is 1. The first-order chi connectivity index (χ1) is 11.0. The molecule has 0 fully saturated rings. The Bertz CT molecular complexity index is 652. The fourth-order valence-corrected chi connectivity index (χ4v) is 1.73. The van der Waals surface area contributed by atoms with Crippen LogP contribution in [0, 0.1) is 0 Å². The Hall–Kier alpha value is -2.80. The van der Waals surface area contributed by atoms with E-state index >= 15 is 0 Å². The van der Waals surface area contributed by atoms with E-state index in [0.29, 0.717) is 11.4 Å². The van der Waals surface area contributed by atoms with Crippen LogP contribution in [0.2, 0.25) is 0 Å². The van der Waals surface area contributed by atoms with Crippen LogP contribution in [0.15, 0.2) is 47.1 Å². The van der Waals surface area contributed by atoms with Gasteiger partial charge in [0, 0.05) is 18.3 Å². The van der Waals surface area contributed by atoms with E-state index in [9.17, 15) is 9.59 Å². The molecule has 0 saturated heterocycles. The number of amides is 2. The number of nitrogens with one attached hydrogen (secondary N) is 2. The van der Waals surface area contributed by atoms with Crippen molar-refractivity contribution < 1.29 is 23.8 Å². The standard InChI is InChI=1S/C16H18N2O5/c1-11(19)9-17-15(20)10-23-13-5-2-4-12(8-13)18-16(21)14-6-3-7-22-14/h2-8,11,19H,9-10H2,1H3,(H,17,20)(H,18,21). The summed E-state index contributed by atoms with van der Waals surface area (Å²) in [5.41, 5.74) is 0.522. The molecule has 1 aromatic heterocycles. The van der Waals surface area contributed by atoms with Gasteiger partial charge in [-0.2, -0.15) is 0 Å². The summed E-state index contributed by atoms with van der Waals surface area (Å²) in [6, 6.07) is 9.84. The molecule has 2 aromatic rings. The second-order valence-electron chi connectivity index (χ2n) is 4.90. The molecule has 1 atom stereocenters. The molecule has 2 rings (SSSR count). The van der Waals surface area contributed by atoms with Crippen LogP contribution in [0.1, 0.15) is 17.5 Å². The molecule has 0 saturated carbocycles. The zero-order valence-electron chi connectivity index (χ0n) is 12.6. The van der Waals surface area contributed by atoms with Gasteiger partial charge < -0.3 is 24.9 Å². The van der Waals surface area contributed by atoms with Crippen molar-refractivity contribution in [1.29, 1.82) is 0 Å². The number of furan rings is 1. The van der Waals surface area contributed by atoms with Crippen molar-refractivity contribution in [1.82, 2.24) is 5.32 Å². The molecule has 122 valence electrons. The first-order valence-corrected chi connectivity index (χ1v) is 7.07. The van der Waals surface area contributed by atoms with Gasteiger partial charge in [0.05, 0.1) is 12.4 Å². The third-order valence-electron chi connectivity index (χ3n) is 2.80. The highest BCUT2D eigenvalue weighted by molar-refractivity contribution is 6.02. The maximum absolute atomic E-state index is 11.9. The molecule has 1 aromatic carbocycles. The molecule has 0 aliphatic carbocycles. The third kappa shape index (κ3) is 5.48. The first kappa shape index (κ1) is 16.6. The SMILES string of the molecule is CC(O)CNC(=O)COc1cccc(NC(=O)c2ccco2)c1. The summed E-state index contributed by atoms with van der Waals surface area (Å²) in [6.45, 7) is 1.57. The van der Waals surface area contributed by atoms with Gasteiger partial charge in [-0.1, -0.05) is 6.07 Å². The predicted molar refractivity (Wildman–Crippen MR) is 83.3 cm³/mol. The van der Waals surface area contributed by atoms with Crippen molar-refractivity contribution in [2.24, 2.45) is 0 Å². The van der Waals surface area contributed by atoms with Crippen LogP contribution in [-0.4, -0.2) is 36.2 Å². The summed E-state index contributed by atoms with van der Waals surface area (Å²) in [4.78, 5) is 23.4. The largest absolute Gasteiger partial charge is 0.484 e. The molecule has 0 aliphatic rings. The number of hydrogen-bond acceptors (Lipinski definition) is 5. The van der Waals surface area contributed by atoms with Crippen molar-refractivity contribution >= 4 is 17.5 Å². The number of hydrogen-bond donors (Lipinski definition) is 3. The van der Waals surface area contributed by atoms with Crippen molar-refractivity contribution in [2.75, 3.05) is 18.5 Å². The van der Waals surface area contributed by atoms with Crippen LogP contribution in [0.3, 0.4) is 0 Å². The lowest BCUT2D eigenvalue weighted by atomic mass is 10.3. The lowest BCUT2D eigenvalue weighted by Crippen LogP contribution is -2.34. The van der Waals surface area contributed by atoms with E-state index in [4.69, 9.17) is 14.3 Å². The summed E-state index contributed by atoms with van der Waals surface area (Å²) in [6.07, 6.45) is 0.805. The Kier molecular flexibility index (Phi) is 5.76. The third-order valence-corrected chi connectivity index (χ3v) is 2.80. The van der Waals surface area contributed by atoms with Crippen LogP contribution in [0.5, 0.6) is 5.75 Å². The van der Waals surface area contributed by atoms with Crippen LogP contribution in [0.25, 0.3) is 0 Å². The molecule has 7 nitrogen and oxygen atoms in total. The Morgan fingerprint density at radius 2 is 2.13 bits per heavy atom. The van der Waals surface area contributed by atoms with Gasteiger partial charge in [0.25, 0.3) is 11.8 Å². The zero-order chi connectivity index (χ0) is 16.7. The maximum atomic E-state index is 11.9. The average molecular weight is 318 g/mol. The van der Waals surface area contributed by atoms with Gasteiger partial charge in [-0.15, -0.1) is 0 Å². The number of rotatable bonds is 7. The van der Waals surface area contributed by atoms with Gasteiger partial charge in [-0.05, 0) is 31.2 Å². The minimum Gasteiger partial charge on any atom is -0.484 e. The van der Waals surface area contributed by atoms with Crippen molar-refractivity contribution in [3.63, 3.8) is 0 Å². The van der Waals surface area contributed by atoms with E-state index in [1.807, 2.05) is 0 Å². The average Bonchev–Trinajstić information content (AvgIpc) is 3.06. The number of aliphatic hydroxyl groups is 1. The highest BCUT2D eigenvalue weighted by atomic mass is 16.5. The normalized spacial score (nSPS) is 11.6. The van der Waals surface area contributed by atoms with Gasteiger partial charge in [-0.25, -0.2) is 0 Å². The molecular formula is C16H18N2O5. The molecule has 1 heterocycles. The summed E-state index contributed by atoms with van der Waals surface area (Å²) < 4.78 is 10.4. The summed E-state index contributed by atoms with van der Waals surface area (Å²) in [7, 11) is 0. The summed E-state index contributed by atoms with van der Waals surface area (Å²) >= 11 is 0. The molecule has 3 N–H and O–H groups in total. The van der Waals surface area contributed by atoms with E-state index in [-0.39, 0.29) is 30.7 Å². The molecule has 0 aliphatic heterocycles. The van der Waals surface area contributed by atoms with E-state index in [1.54, 1.807) is 43.3 Å². The lowest BCUT2D eigenvalue weighted by Gasteiger charge is -2.10. The van der Waals surface area contributed by atoms with E-state index < -0.39 is 6.10 Å². The number of carbonyl (C=O) groups is 2. The minimum atomic E-state index is -0.612. The fraction of sp³-hybridized carbons (Fsp3) is 0.250. The molecule has 1 unspecified atom stereocenters. The molecule has 0 radical (unpaired) electrons. The molecule has 0 bridgehead atoms. The second kappa shape index (κ2) is 8.00. The Balaban J connectivity index is 1.87. The van der Waals surface area contributed by atoms with Gasteiger partial charge in [0.1, 0.15) is 5.75 Å². The van der Waals surface area contributed by atoms with Gasteiger partial charge >= 0.3 is 0 Å². The smallest absolute Gasteiger partial charge is 0.291 e. The second-order valence-corrected chi connectivity index (χ2v) is 4.90. The van der Waals surface area contributed by atoms with Gasteiger partial charge in [0.2, 0.25) is 0 Å². The number of carbonyl (C=O) groups excluding carboxylic acids is 2.